The van der Waals surface area contributed by atoms with Crippen molar-refractivity contribution in [1.29, 1.82) is 5.41 Å². The van der Waals surface area contributed by atoms with Crippen LogP contribution in [0.5, 0.6) is 0 Å². The highest BCUT2D eigenvalue weighted by Gasteiger charge is 2.27. The van der Waals surface area contributed by atoms with E-state index in [0.29, 0.717) is 35.6 Å². The molecule has 0 bridgehead atoms. The second kappa shape index (κ2) is 3.98. The van der Waals surface area contributed by atoms with Crippen LogP contribution in [0.2, 0.25) is 0 Å². The van der Waals surface area contributed by atoms with E-state index in [9.17, 15) is 0 Å². The molecule has 0 aliphatic heterocycles. The Balaban J connectivity index is 1.63. The van der Waals surface area contributed by atoms with E-state index in [0.717, 1.165) is 18.5 Å². The maximum absolute atomic E-state index is 7.80. The Morgan fingerprint density at radius 1 is 1.47 bits per heavy atom. The number of nitrogens with zero attached hydrogens (tertiary/aromatic N) is 2. The van der Waals surface area contributed by atoms with Crippen molar-refractivity contribution in [2.75, 3.05) is 0 Å². The normalized spacial score (nSPS) is 20.6. The number of amidine groups is 1. The Kier molecular flexibility index (Phi) is 2.46. The minimum Gasteiger partial charge on any atom is -0.387 e. The third-order valence-corrected chi connectivity index (χ3v) is 3.30. The highest BCUT2D eigenvalue weighted by molar-refractivity contribution is 6.03. The second-order valence-electron chi connectivity index (χ2n) is 5.04. The number of aromatic amines is 1. The average Bonchev–Trinajstić information content (AvgIpc) is 3.18. The Hall–Kier alpha value is -1.65. The van der Waals surface area contributed by atoms with Crippen LogP contribution in [0.1, 0.15) is 43.7 Å². The lowest BCUT2D eigenvalue weighted by atomic mass is 10.2. The Bertz CT molecular complexity index is 465. The van der Waals surface area contributed by atoms with Crippen LogP contribution in [0.4, 0.5) is 5.82 Å². The van der Waals surface area contributed by atoms with E-state index in [2.05, 4.69) is 15.2 Å². The standard InChI is InChI=1S/C12H17N5/c13-9(7-1-2-7)5-11(14)15-12-6-10(16-17-12)8-3-4-8/h6-8,13H,1-5H2,(H3,14,15,16,17). The van der Waals surface area contributed by atoms with E-state index in [1.165, 1.54) is 12.8 Å². The summed E-state index contributed by atoms with van der Waals surface area (Å²) in [4.78, 5) is 4.25. The molecule has 4 N–H and O–H groups in total. The largest absolute Gasteiger partial charge is 0.387 e. The van der Waals surface area contributed by atoms with E-state index >= 15 is 0 Å². The molecule has 90 valence electrons. The zero-order valence-corrected chi connectivity index (χ0v) is 9.74. The Labute approximate surface area is 100 Å². The fourth-order valence-corrected chi connectivity index (χ4v) is 1.94. The smallest absolute Gasteiger partial charge is 0.175 e. The van der Waals surface area contributed by atoms with Crippen LogP contribution >= 0.6 is 0 Å². The topological polar surface area (TPSA) is 90.9 Å². The number of nitrogens with one attached hydrogen (secondary N) is 2. The van der Waals surface area contributed by atoms with Gasteiger partial charge in [-0.2, -0.15) is 5.10 Å². The molecule has 0 radical (unpaired) electrons. The summed E-state index contributed by atoms with van der Waals surface area (Å²) in [5, 5.41) is 14.9. The molecule has 3 rings (SSSR count). The van der Waals surface area contributed by atoms with E-state index in [-0.39, 0.29) is 0 Å². The molecule has 1 heterocycles. The first kappa shape index (κ1) is 10.5. The van der Waals surface area contributed by atoms with Gasteiger partial charge >= 0.3 is 0 Å². The predicted octanol–water partition coefficient (Wildman–Crippen LogP) is 2.10. The number of hydrogen-bond acceptors (Lipinski definition) is 3. The van der Waals surface area contributed by atoms with Crippen LogP contribution < -0.4 is 5.73 Å². The molecule has 5 heteroatoms. The van der Waals surface area contributed by atoms with Crippen molar-refractivity contribution in [2.24, 2.45) is 16.6 Å². The molecule has 2 aliphatic carbocycles. The molecule has 2 aliphatic rings. The molecule has 0 saturated heterocycles. The molecule has 2 fully saturated rings. The van der Waals surface area contributed by atoms with E-state index in [1.807, 2.05) is 6.07 Å². The summed E-state index contributed by atoms with van der Waals surface area (Å²) in [6, 6.07) is 1.96. The van der Waals surface area contributed by atoms with Gasteiger partial charge in [0.2, 0.25) is 0 Å². The third kappa shape index (κ3) is 2.54. The molecule has 2 saturated carbocycles. The predicted molar refractivity (Wildman–Crippen MR) is 66.9 cm³/mol. The van der Waals surface area contributed by atoms with Crippen LogP contribution in [0.25, 0.3) is 0 Å². The molecular formula is C12H17N5. The summed E-state index contributed by atoms with van der Waals surface area (Å²) < 4.78 is 0. The molecule has 5 nitrogen and oxygen atoms in total. The van der Waals surface area contributed by atoms with Gasteiger partial charge in [0, 0.05) is 29.8 Å². The molecule has 0 atom stereocenters. The molecule has 0 spiro atoms. The summed E-state index contributed by atoms with van der Waals surface area (Å²) >= 11 is 0. The zero-order valence-electron chi connectivity index (χ0n) is 9.74. The molecule has 0 unspecified atom stereocenters. The lowest BCUT2D eigenvalue weighted by molar-refractivity contribution is 0.964. The van der Waals surface area contributed by atoms with Crippen molar-refractivity contribution in [2.45, 2.75) is 38.0 Å². The van der Waals surface area contributed by atoms with E-state index < -0.39 is 0 Å². The highest BCUT2D eigenvalue weighted by Crippen LogP contribution is 2.39. The third-order valence-electron chi connectivity index (χ3n) is 3.30. The van der Waals surface area contributed by atoms with Crippen LogP contribution in [0.3, 0.4) is 0 Å². The summed E-state index contributed by atoms with van der Waals surface area (Å²) in [6.07, 6.45) is 5.25. The fourth-order valence-electron chi connectivity index (χ4n) is 1.94. The fraction of sp³-hybridized carbons (Fsp3) is 0.583. The van der Waals surface area contributed by atoms with Gasteiger partial charge in [0.25, 0.3) is 0 Å². The lowest BCUT2D eigenvalue weighted by Crippen LogP contribution is -2.17. The van der Waals surface area contributed by atoms with Gasteiger partial charge in [0.05, 0.1) is 0 Å². The quantitative estimate of drug-likeness (QED) is 0.535. The van der Waals surface area contributed by atoms with E-state index in [1.54, 1.807) is 0 Å². The molecule has 0 aromatic carbocycles. The first-order valence-corrected chi connectivity index (χ1v) is 6.18. The van der Waals surface area contributed by atoms with Crippen molar-refractivity contribution in [3.05, 3.63) is 11.8 Å². The molecular weight excluding hydrogens is 214 g/mol. The van der Waals surface area contributed by atoms with Crippen molar-refractivity contribution in [1.82, 2.24) is 10.2 Å². The summed E-state index contributed by atoms with van der Waals surface area (Å²) in [6.45, 7) is 0. The van der Waals surface area contributed by atoms with Crippen LogP contribution in [0.15, 0.2) is 11.1 Å². The van der Waals surface area contributed by atoms with Gasteiger partial charge in [-0.1, -0.05) is 0 Å². The van der Waals surface area contributed by atoms with Crippen molar-refractivity contribution < 1.29 is 0 Å². The van der Waals surface area contributed by atoms with Gasteiger partial charge in [0.15, 0.2) is 5.82 Å². The number of rotatable bonds is 5. The van der Waals surface area contributed by atoms with Crippen LogP contribution in [-0.2, 0) is 0 Å². The number of H-pyrrole nitrogens is 1. The minimum absolute atomic E-state index is 0.463. The number of hydrogen-bond donors (Lipinski definition) is 3. The lowest BCUT2D eigenvalue weighted by Gasteiger charge is -2.00. The van der Waals surface area contributed by atoms with Gasteiger partial charge in [-0.15, -0.1) is 0 Å². The first-order valence-electron chi connectivity index (χ1n) is 6.18. The number of aromatic nitrogens is 2. The molecule has 0 amide bonds. The highest BCUT2D eigenvalue weighted by atomic mass is 15.2. The Morgan fingerprint density at radius 2 is 2.24 bits per heavy atom. The SMILES string of the molecule is N=C(CC(N)=Nc1cc(C2CC2)[nH]n1)C1CC1. The van der Waals surface area contributed by atoms with Crippen molar-refractivity contribution in [3.63, 3.8) is 0 Å². The first-order chi connectivity index (χ1) is 8.22. The van der Waals surface area contributed by atoms with Gasteiger partial charge in [-0.05, 0) is 31.6 Å². The maximum atomic E-state index is 7.80. The van der Waals surface area contributed by atoms with Crippen molar-refractivity contribution >= 4 is 17.4 Å². The monoisotopic (exact) mass is 231 g/mol. The summed E-state index contributed by atoms with van der Waals surface area (Å²) in [5.74, 6) is 2.26. The minimum atomic E-state index is 0.463. The van der Waals surface area contributed by atoms with Crippen LogP contribution in [0, 0.1) is 11.3 Å². The summed E-state index contributed by atoms with van der Waals surface area (Å²) in [5.41, 5.74) is 7.70. The molecule has 1 aromatic heterocycles. The molecule has 17 heavy (non-hydrogen) atoms. The van der Waals surface area contributed by atoms with Gasteiger partial charge in [-0.25, -0.2) is 4.99 Å². The number of aliphatic imine (C=N–C) groups is 1. The molecule has 1 aromatic rings. The van der Waals surface area contributed by atoms with Crippen LogP contribution in [-0.4, -0.2) is 21.7 Å². The van der Waals surface area contributed by atoms with Gasteiger partial charge in [-0.3, -0.25) is 5.10 Å². The average molecular weight is 231 g/mol. The van der Waals surface area contributed by atoms with E-state index in [4.69, 9.17) is 11.1 Å². The van der Waals surface area contributed by atoms with Gasteiger partial charge in [0.1, 0.15) is 5.84 Å². The van der Waals surface area contributed by atoms with Gasteiger partial charge < -0.3 is 11.1 Å². The second-order valence-corrected chi connectivity index (χ2v) is 5.04. The number of nitrogens with two attached hydrogens (primary N) is 1. The maximum Gasteiger partial charge on any atom is 0.175 e. The van der Waals surface area contributed by atoms with Crippen molar-refractivity contribution in [3.8, 4) is 0 Å². The Morgan fingerprint density at radius 3 is 2.88 bits per heavy atom. The summed E-state index contributed by atoms with van der Waals surface area (Å²) in [7, 11) is 0. The zero-order chi connectivity index (χ0) is 11.8.